The van der Waals surface area contributed by atoms with Gasteiger partial charge in [0.2, 0.25) is 9.76 Å². The fourth-order valence-electron chi connectivity index (χ4n) is 0.244. The Morgan fingerprint density at radius 3 is 2.57 bits per heavy atom. The average Bonchev–Trinajstić information content (AvgIpc) is 1.68. The Morgan fingerprint density at radius 2 is 2.43 bits per heavy atom. The number of rotatable bonds is 3. The van der Waals surface area contributed by atoms with Crippen molar-refractivity contribution in [3.8, 4) is 0 Å². The Labute approximate surface area is 46.6 Å². The maximum absolute atomic E-state index is 5.02. The van der Waals surface area contributed by atoms with Crippen LogP contribution in [0.2, 0.25) is 6.55 Å². The maximum atomic E-state index is 5.02. The predicted molar refractivity (Wildman–Crippen MR) is 34.8 cm³/mol. The minimum Gasteiger partial charge on any atom is -0.550 e. The summed E-state index contributed by atoms with van der Waals surface area (Å²) in [7, 11) is -0.315. The van der Waals surface area contributed by atoms with E-state index in [0.29, 0.717) is 5.76 Å². The van der Waals surface area contributed by atoms with Crippen molar-refractivity contribution in [3.05, 3.63) is 25.0 Å². The molecule has 0 N–H and O–H groups in total. The Morgan fingerprint density at radius 1 is 1.86 bits per heavy atom. The standard InChI is InChI=1S/C5H10OSi/c1-4-5(2)6-7-3/h4H,1-2,7H2,3H3. The summed E-state index contributed by atoms with van der Waals surface area (Å²) in [5.41, 5.74) is 0. The van der Waals surface area contributed by atoms with Crippen molar-refractivity contribution >= 4 is 9.76 Å². The molecule has 0 radical (unpaired) electrons. The first-order valence-electron chi connectivity index (χ1n) is 2.25. The van der Waals surface area contributed by atoms with Crippen molar-refractivity contribution in [1.82, 2.24) is 0 Å². The summed E-state index contributed by atoms with van der Waals surface area (Å²) in [6.45, 7) is 9.08. The van der Waals surface area contributed by atoms with Crippen LogP contribution in [0.4, 0.5) is 0 Å². The quantitative estimate of drug-likeness (QED) is 0.300. The molecule has 0 amide bonds. The minimum absolute atomic E-state index is 0.315. The smallest absolute Gasteiger partial charge is 0.216 e. The molecule has 0 aromatic carbocycles. The summed E-state index contributed by atoms with van der Waals surface area (Å²) in [5, 5.41) is 0. The lowest BCUT2D eigenvalue weighted by molar-refractivity contribution is 0.481. The first-order chi connectivity index (χ1) is 3.31. The van der Waals surface area contributed by atoms with E-state index >= 15 is 0 Å². The highest BCUT2D eigenvalue weighted by Gasteiger charge is 1.78. The van der Waals surface area contributed by atoms with E-state index in [9.17, 15) is 0 Å². The van der Waals surface area contributed by atoms with E-state index in [1.807, 2.05) is 0 Å². The molecule has 40 valence electrons. The fraction of sp³-hybridized carbons (Fsp3) is 0.200. The highest BCUT2D eigenvalue weighted by atomic mass is 28.2. The van der Waals surface area contributed by atoms with Crippen LogP contribution >= 0.6 is 0 Å². The molecule has 0 aliphatic heterocycles. The Kier molecular flexibility index (Phi) is 3.41. The first-order valence-corrected chi connectivity index (χ1v) is 4.24. The van der Waals surface area contributed by atoms with Crippen LogP contribution in [0.5, 0.6) is 0 Å². The molecule has 0 aromatic rings. The van der Waals surface area contributed by atoms with E-state index in [4.69, 9.17) is 4.43 Å². The third-order valence-corrected chi connectivity index (χ3v) is 1.22. The van der Waals surface area contributed by atoms with Crippen LogP contribution < -0.4 is 0 Å². The molecule has 0 aromatic heterocycles. The second-order valence-corrected chi connectivity index (χ2v) is 1.97. The van der Waals surface area contributed by atoms with Crippen LogP contribution in [-0.4, -0.2) is 9.76 Å². The Hall–Kier alpha value is -0.503. The SMILES string of the molecule is C=CC(=C)O[SiH2]C. The van der Waals surface area contributed by atoms with E-state index in [0.717, 1.165) is 0 Å². The molecule has 0 bridgehead atoms. The van der Waals surface area contributed by atoms with Gasteiger partial charge in [0.05, 0.1) is 5.76 Å². The number of allylic oxidation sites excluding steroid dienone is 1. The zero-order valence-electron chi connectivity index (χ0n) is 4.61. The fourth-order valence-corrected chi connectivity index (χ4v) is 0.733. The molecule has 7 heavy (non-hydrogen) atoms. The van der Waals surface area contributed by atoms with Crippen LogP contribution in [-0.2, 0) is 4.43 Å². The highest BCUT2D eigenvalue weighted by Crippen LogP contribution is 1.88. The van der Waals surface area contributed by atoms with Gasteiger partial charge in [0.25, 0.3) is 0 Å². The van der Waals surface area contributed by atoms with E-state index < -0.39 is 0 Å². The van der Waals surface area contributed by atoms with Crippen LogP contribution in [0, 0.1) is 0 Å². The molecule has 1 nitrogen and oxygen atoms in total. The molecule has 0 atom stereocenters. The zero-order chi connectivity index (χ0) is 5.70. The molecule has 0 saturated heterocycles. The van der Waals surface area contributed by atoms with Gasteiger partial charge in [-0.3, -0.25) is 0 Å². The number of hydrogen-bond donors (Lipinski definition) is 0. The van der Waals surface area contributed by atoms with Crippen LogP contribution in [0.15, 0.2) is 25.0 Å². The third kappa shape index (κ3) is 3.32. The average molecular weight is 114 g/mol. The number of hydrogen-bond acceptors (Lipinski definition) is 1. The molecule has 0 aliphatic rings. The molecule has 0 saturated carbocycles. The first kappa shape index (κ1) is 6.50. The molecule has 0 heterocycles. The lowest BCUT2D eigenvalue weighted by Crippen LogP contribution is -1.87. The van der Waals surface area contributed by atoms with Crippen molar-refractivity contribution in [1.29, 1.82) is 0 Å². The molecule has 0 unspecified atom stereocenters. The molecule has 0 aliphatic carbocycles. The predicted octanol–water partition coefficient (Wildman–Crippen LogP) is 0.835. The summed E-state index contributed by atoms with van der Waals surface area (Å²) >= 11 is 0. The second kappa shape index (κ2) is 3.68. The Balaban J connectivity index is 3.17. The summed E-state index contributed by atoms with van der Waals surface area (Å²) in [4.78, 5) is 0. The highest BCUT2D eigenvalue weighted by molar-refractivity contribution is 6.25. The zero-order valence-corrected chi connectivity index (χ0v) is 6.02. The van der Waals surface area contributed by atoms with E-state index in [-0.39, 0.29) is 9.76 Å². The second-order valence-electron chi connectivity index (χ2n) is 1.10. The summed E-state index contributed by atoms with van der Waals surface area (Å²) in [6, 6.07) is 0. The van der Waals surface area contributed by atoms with Gasteiger partial charge in [-0.05, 0) is 12.6 Å². The van der Waals surface area contributed by atoms with Gasteiger partial charge in [0.15, 0.2) is 0 Å². The monoisotopic (exact) mass is 114 g/mol. The Bertz CT molecular complexity index is 78.1. The van der Waals surface area contributed by atoms with Gasteiger partial charge in [-0.1, -0.05) is 13.2 Å². The van der Waals surface area contributed by atoms with Gasteiger partial charge in [0, 0.05) is 0 Å². The summed E-state index contributed by atoms with van der Waals surface area (Å²) in [5.74, 6) is 0.703. The van der Waals surface area contributed by atoms with Crippen LogP contribution in [0.25, 0.3) is 0 Å². The van der Waals surface area contributed by atoms with Gasteiger partial charge >= 0.3 is 0 Å². The van der Waals surface area contributed by atoms with Crippen LogP contribution in [0.3, 0.4) is 0 Å². The van der Waals surface area contributed by atoms with Crippen LogP contribution in [0.1, 0.15) is 0 Å². The van der Waals surface area contributed by atoms with Crippen molar-refractivity contribution < 1.29 is 4.43 Å². The molecular weight excluding hydrogens is 104 g/mol. The molecule has 0 rings (SSSR count). The van der Waals surface area contributed by atoms with Gasteiger partial charge in [-0.15, -0.1) is 0 Å². The molecular formula is C5H10OSi. The molecule has 0 fully saturated rings. The van der Waals surface area contributed by atoms with E-state index in [1.165, 1.54) is 0 Å². The minimum atomic E-state index is -0.315. The molecule has 2 heteroatoms. The summed E-state index contributed by atoms with van der Waals surface area (Å²) < 4.78 is 5.02. The topological polar surface area (TPSA) is 9.23 Å². The van der Waals surface area contributed by atoms with Crippen molar-refractivity contribution in [3.63, 3.8) is 0 Å². The van der Waals surface area contributed by atoms with Crippen molar-refractivity contribution in [2.45, 2.75) is 6.55 Å². The van der Waals surface area contributed by atoms with Crippen molar-refractivity contribution in [2.24, 2.45) is 0 Å². The van der Waals surface area contributed by atoms with E-state index in [1.54, 1.807) is 6.08 Å². The third-order valence-electron chi connectivity index (χ3n) is 0.557. The summed E-state index contributed by atoms with van der Waals surface area (Å²) in [6.07, 6.45) is 1.62. The normalized spacial score (nSPS) is 9.29. The van der Waals surface area contributed by atoms with E-state index in [2.05, 4.69) is 19.7 Å². The largest absolute Gasteiger partial charge is 0.550 e. The van der Waals surface area contributed by atoms with Gasteiger partial charge < -0.3 is 4.43 Å². The van der Waals surface area contributed by atoms with Gasteiger partial charge in [-0.2, -0.15) is 0 Å². The van der Waals surface area contributed by atoms with Gasteiger partial charge in [0.1, 0.15) is 0 Å². The lowest BCUT2D eigenvalue weighted by atomic mass is 10.6. The lowest BCUT2D eigenvalue weighted by Gasteiger charge is -1.97. The van der Waals surface area contributed by atoms with Gasteiger partial charge in [-0.25, -0.2) is 0 Å². The maximum Gasteiger partial charge on any atom is 0.216 e. The van der Waals surface area contributed by atoms with Crippen molar-refractivity contribution in [2.75, 3.05) is 0 Å². The molecule has 0 spiro atoms.